The topological polar surface area (TPSA) is 74.8 Å². The normalized spacial score (nSPS) is 12.7. The third-order valence-electron chi connectivity index (χ3n) is 3.31. The number of nitrogens with zero attached hydrogens (tertiary/aromatic N) is 1. The quantitative estimate of drug-likeness (QED) is 0.910. The molecule has 122 valence electrons. The SMILES string of the molecule is CC(C)(C)C[C@H](NC(=O)c1ccc(=O)[nH]n1)c1ccc(F)cc1. The number of carbonyl (C=O) groups excluding carboxylic acids is 1. The zero-order chi connectivity index (χ0) is 17.0. The molecule has 2 aromatic rings. The molecule has 1 heterocycles. The Morgan fingerprint density at radius 2 is 1.87 bits per heavy atom. The van der Waals surface area contributed by atoms with Gasteiger partial charge in [-0.15, -0.1) is 0 Å². The van der Waals surface area contributed by atoms with Gasteiger partial charge in [-0.05, 0) is 35.6 Å². The second-order valence-corrected chi connectivity index (χ2v) is 6.65. The lowest BCUT2D eigenvalue weighted by Crippen LogP contribution is -2.32. The van der Waals surface area contributed by atoms with E-state index in [1.165, 1.54) is 24.3 Å². The monoisotopic (exact) mass is 317 g/mol. The first-order valence-electron chi connectivity index (χ1n) is 7.37. The van der Waals surface area contributed by atoms with E-state index < -0.39 is 0 Å². The van der Waals surface area contributed by atoms with Crippen LogP contribution in [0.2, 0.25) is 0 Å². The Labute approximate surface area is 133 Å². The van der Waals surface area contributed by atoms with Gasteiger partial charge in [-0.25, -0.2) is 9.49 Å². The second kappa shape index (κ2) is 6.73. The highest BCUT2D eigenvalue weighted by molar-refractivity contribution is 5.92. The number of hydrogen-bond acceptors (Lipinski definition) is 3. The Balaban J connectivity index is 2.23. The molecule has 0 aliphatic heterocycles. The summed E-state index contributed by atoms with van der Waals surface area (Å²) in [7, 11) is 0. The van der Waals surface area contributed by atoms with Crippen LogP contribution in [0.1, 0.15) is 49.3 Å². The largest absolute Gasteiger partial charge is 0.344 e. The molecular formula is C17H20FN3O2. The summed E-state index contributed by atoms with van der Waals surface area (Å²) in [5.41, 5.74) is 0.543. The van der Waals surface area contributed by atoms with Gasteiger partial charge in [0.15, 0.2) is 0 Å². The molecule has 1 aromatic heterocycles. The van der Waals surface area contributed by atoms with Crippen molar-refractivity contribution in [1.29, 1.82) is 0 Å². The summed E-state index contributed by atoms with van der Waals surface area (Å²) in [5.74, 6) is -0.711. The number of nitrogens with one attached hydrogen (secondary N) is 2. The summed E-state index contributed by atoms with van der Waals surface area (Å²) in [4.78, 5) is 23.3. The highest BCUT2D eigenvalue weighted by Gasteiger charge is 2.23. The van der Waals surface area contributed by atoms with Gasteiger partial charge in [0.2, 0.25) is 0 Å². The number of halogens is 1. The van der Waals surface area contributed by atoms with Gasteiger partial charge < -0.3 is 5.32 Å². The average Bonchev–Trinajstić information content (AvgIpc) is 2.46. The van der Waals surface area contributed by atoms with Crippen LogP contribution in [0.5, 0.6) is 0 Å². The number of aromatic nitrogens is 2. The number of hydrogen-bond donors (Lipinski definition) is 2. The molecule has 0 fully saturated rings. The molecule has 0 aliphatic rings. The molecule has 2 rings (SSSR count). The summed E-state index contributed by atoms with van der Waals surface area (Å²) >= 11 is 0. The number of benzene rings is 1. The van der Waals surface area contributed by atoms with Gasteiger partial charge in [-0.2, -0.15) is 5.10 Å². The zero-order valence-electron chi connectivity index (χ0n) is 13.4. The smallest absolute Gasteiger partial charge is 0.272 e. The molecule has 6 heteroatoms. The van der Waals surface area contributed by atoms with Crippen LogP contribution in [0, 0.1) is 11.2 Å². The number of rotatable bonds is 4. The molecule has 1 atom stereocenters. The molecule has 0 radical (unpaired) electrons. The van der Waals surface area contributed by atoms with Crippen molar-refractivity contribution in [2.45, 2.75) is 33.2 Å². The Morgan fingerprint density at radius 3 is 2.39 bits per heavy atom. The number of H-pyrrole nitrogens is 1. The van der Waals surface area contributed by atoms with Gasteiger partial charge in [0.1, 0.15) is 11.5 Å². The van der Waals surface area contributed by atoms with Crippen LogP contribution in [0.15, 0.2) is 41.2 Å². The molecule has 0 saturated carbocycles. The molecule has 0 aliphatic carbocycles. The van der Waals surface area contributed by atoms with Crippen LogP contribution in [0.25, 0.3) is 0 Å². The van der Waals surface area contributed by atoms with E-state index in [-0.39, 0.29) is 34.4 Å². The molecule has 0 spiro atoms. The summed E-state index contributed by atoms with van der Waals surface area (Å²) in [6.07, 6.45) is 0.674. The van der Waals surface area contributed by atoms with E-state index in [1.807, 2.05) is 0 Å². The van der Waals surface area contributed by atoms with Crippen LogP contribution in [0.4, 0.5) is 4.39 Å². The Morgan fingerprint density at radius 1 is 1.22 bits per heavy atom. The van der Waals surface area contributed by atoms with Crippen molar-refractivity contribution in [3.63, 3.8) is 0 Å². The molecule has 2 N–H and O–H groups in total. The Bertz CT molecular complexity index is 712. The van der Waals surface area contributed by atoms with Crippen molar-refractivity contribution in [3.8, 4) is 0 Å². The van der Waals surface area contributed by atoms with Crippen LogP contribution in [0.3, 0.4) is 0 Å². The van der Waals surface area contributed by atoms with Crippen molar-refractivity contribution in [2.75, 3.05) is 0 Å². The van der Waals surface area contributed by atoms with E-state index in [2.05, 4.69) is 36.3 Å². The lowest BCUT2D eigenvalue weighted by Gasteiger charge is -2.27. The average molecular weight is 317 g/mol. The molecule has 1 aromatic carbocycles. The molecule has 0 unspecified atom stereocenters. The zero-order valence-corrected chi connectivity index (χ0v) is 13.4. The van der Waals surface area contributed by atoms with Crippen molar-refractivity contribution in [3.05, 3.63) is 63.8 Å². The molecule has 23 heavy (non-hydrogen) atoms. The van der Waals surface area contributed by atoms with Gasteiger partial charge in [-0.1, -0.05) is 32.9 Å². The first-order chi connectivity index (χ1) is 10.7. The first-order valence-corrected chi connectivity index (χ1v) is 7.37. The fraction of sp³-hybridized carbons (Fsp3) is 0.353. The van der Waals surface area contributed by atoms with Gasteiger partial charge >= 0.3 is 0 Å². The summed E-state index contributed by atoms with van der Waals surface area (Å²) in [6, 6.07) is 8.39. The maximum absolute atomic E-state index is 13.1. The van der Waals surface area contributed by atoms with E-state index in [1.54, 1.807) is 12.1 Å². The molecule has 0 bridgehead atoms. The van der Waals surface area contributed by atoms with Gasteiger partial charge in [-0.3, -0.25) is 9.59 Å². The minimum absolute atomic E-state index is 0.0369. The Kier molecular flexibility index (Phi) is 4.93. The van der Waals surface area contributed by atoms with E-state index in [9.17, 15) is 14.0 Å². The van der Waals surface area contributed by atoms with E-state index in [4.69, 9.17) is 0 Å². The van der Waals surface area contributed by atoms with Crippen molar-refractivity contribution in [2.24, 2.45) is 5.41 Å². The molecule has 1 amide bonds. The van der Waals surface area contributed by atoms with Gasteiger partial charge in [0.25, 0.3) is 11.5 Å². The summed E-state index contributed by atoms with van der Waals surface area (Å²) < 4.78 is 13.1. The third-order valence-corrected chi connectivity index (χ3v) is 3.31. The van der Waals surface area contributed by atoms with Crippen LogP contribution >= 0.6 is 0 Å². The van der Waals surface area contributed by atoms with Crippen molar-refractivity contribution >= 4 is 5.91 Å². The fourth-order valence-electron chi connectivity index (χ4n) is 2.26. The predicted octanol–water partition coefficient (Wildman–Crippen LogP) is 2.82. The standard InChI is InChI=1S/C17H20FN3O2/c1-17(2,3)10-14(11-4-6-12(18)7-5-11)19-16(23)13-8-9-15(22)21-20-13/h4-9,14H,10H2,1-3H3,(H,19,23)(H,21,22)/t14-/m0/s1. The minimum Gasteiger partial charge on any atom is -0.344 e. The predicted molar refractivity (Wildman–Crippen MR) is 85.5 cm³/mol. The fourth-order valence-corrected chi connectivity index (χ4v) is 2.26. The van der Waals surface area contributed by atoms with Gasteiger partial charge in [0, 0.05) is 6.07 Å². The highest BCUT2D eigenvalue weighted by atomic mass is 19.1. The summed E-state index contributed by atoms with van der Waals surface area (Å²) in [6.45, 7) is 6.19. The lowest BCUT2D eigenvalue weighted by molar-refractivity contribution is 0.0920. The maximum atomic E-state index is 13.1. The lowest BCUT2D eigenvalue weighted by atomic mass is 9.85. The number of aromatic amines is 1. The number of carbonyl (C=O) groups is 1. The van der Waals surface area contributed by atoms with E-state index in [0.29, 0.717) is 6.42 Å². The minimum atomic E-state index is -0.389. The first kappa shape index (κ1) is 16.9. The maximum Gasteiger partial charge on any atom is 0.272 e. The van der Waals surface area contributed by atoms with Crippen LogP contribution < -0.4 is 10.9 Å². The molecule has 5 nitrogen and oxygen atoms in total. The second-order valence-electron chi connectivity index (χ2n) is 6.65. The molecule has 0 saturated heterocycles. The van der Waals surface area contributed by atoms with Crippen molar-refractivity contribution in [1.82, 2.24) is 15.5 Å². The summed E-state index contributed by atoms with van der Waals surface area (Å²) in [5, 5.41) is 8.86. The Hall–Kier alpha value is -2.50. The van der Waals surface area contributed by atoms with Crippen LogP contribution in [-0.4, -0.2) is 16.1 Å². The van der Waals surface area contributed by atoms with Gasteiger partial charge in [0.05, 0.1) is 6.04 Å². The third kappa shape index (κ3) is 5.02. The highest BCUT2D eigenvalue weighted by Crippen LogP contribution is 2.29. The van der Waals surface area contributed by atoms with Crippen molar-refractivity contribution < 1.29 is 9.18 Å². The molecular weight excluding hydrogens is 297 g/mol. The van der Waals surface area contributed by atoms with Crippen LogP contribution in [-0.2, 0) is 0 Å². The van der Waals surface area contributed by atoms with E-state index in [0.717, 1.165) is 5.56 Å². The van der Waals surface area contributed by atoms with E-state index >= 15 is 0 Å². The number of amides is 1.